The Morgan fingerprint density at radius 2 is 0.912 bits per heavy atom. The second-order valence-corrected chi connectivity index (χ2v) is 11.9. The van der Waals surface area contributed by atoms with Crippen LogP contribution in [-0.2, 0) is 0 Å². The molecule has 34 heavy (non-hydrogen) atoms. The predicted octanol–water partition coefficient (Wildman–Crippen LogP) is 7.37. The summed E-state index contributed by atoms with van der Waals surface area (Å²) in [4.78, 5) is 14.1. The van der Waals surface area contributed by atoms with Gasteiger partial charge >= 0.3 is 0 Å². The molecule has 0 aliphatic carbocycles. The van der Waals surface area contributed by atoms with Gasteiger partial charge in [0.15, 0.2) is 0 Å². The SMILES string of the molecule is CC(C)c1ccc(N2C[C@H](C)C[C@@H](C)C2)nc1.CC1CC(C)CN(c2ccc(C(C)C)cn2)C1. The summed E-state index contributed by atoms with van der Waals surface area (Å²) in [6.07, 6.45) is 6.76. The molecular weight excluding hydrogens is 416 g/mol. The molecule has 0 spiro atoms. The quantitative estimate of drug-likeness (QED) is 0.473. The lowest BCUT2D eigenvalue weighted by atomic mass is 9.92. The van der Waals surface area contributed by atoms with Crippen molar-refractivity contribution in [3.05, 3.63) is 47.8 Å². The van der Waals surface area contributed by atoms with E-state index in [0.717, 1.165) is 61.5 Å². The van der Waals surface area contributed by atoms with Gasteiger partial charge in [-0.05, 0) is 71.6 Å². The normalized spacial score (nSPS) is 25.4. The standard InChI is InChI=1S/2C15H24N2/c2*1-11(2)14-5-6-15(16-8-14)17-9-12(3)7-13(4)10-17/h2*5-6,8,11-13H,7,9-10H2,1-4H3/t12-,13-;/m1./s1. The monoisotopic (exact) mass is 464 g/mol. The highest BCUT2D eigenvalue weighted by Crippen LogP contribution is 2.27. The van der Waals surface area contributed by atoms with Crippen LogP contribution in [0.3, 0.4) is 0 Å². The zero-order valence-electron chi connectivity index (χ0n) is 23.0. The van der Waals surface area contributed by atoms with E-state index in [9.17, 15) is 0 Å². The predicted molar refractivity (Wildman–Crippen MR) is 147 cm³/mol. The zero-order chi connectivity index (χ0) is 24.8. The number of pyridine rings is 2. The lowest BCUT2D eigenvalue weighted by Gasteiger charge is -2.35. The highest BCUT2D eigenvalue weighted by atomic mass is 15.2. The van der Waals surface area contributed by atoms with Crippen molar-refractivity contribution >= 4 is 11.6 Å². The second kappa shape index (κ2) is 12.0. The lowest BCUT2D eigenvalue weighted by molar-refractivity contribution is 0.355. The summed E-state index contributed by atoms with van der Waals surface area (Å²) in [6, 6.07) is 8.80. The van der Waals surface area contributed by atoms with Gasteiger partial charge in [-0.15, -0.1) is 0 Å². The Morgan fingerprint density at radius 3 is 1.15 bits per heavy atom. The van der Waals surface area contributed by atoms with Crippen molar-refractivity contribution in [3.8, 4) is 0 Å². The molecule has 4 rings (SSSR count). The Bertz CT molecular complexity index is 765. The van der Waals surface area contributed by atoms with E-state index in [1.807, 2.05) is 12.4 Å². The van der Waals surface area contributed by atoms with Gasteiger partial charge in [0.1, 0.15) is 11.6 Å². The van der Waals surface area contributed by atoms with Gasteiger partial charge in [-0.25, -0.2) is 9.97 Å². The van der Waals surface area contributed by atoms with Gasteiger partial charge in [-0.2, -0.15) is 0 Å². The Kier molecular flexibility index (Phi) is 9.39. The Morgan fingerprint density at radius 1 is 0.588 bits per heavy atom. The summed E-state index contributed by atoms with van der Waals surface area (Å²) in [6.45, 7) is 22.8. The van der Waals surface area contributed by atoms with E-state index >= 15 is 0 Å². The van der Waals surface area contributed by atoms with E-state index in [-0.39, 0.29) is 0 Å². The van der Waals surface area contributed by atoms with Gasteiger partial charge in [0.05, 0.1) is 0 Å². The zero-order valence-corrected chi connectivity index (χ0v) is 23.0. The second-order valence-electron chi connectivity index (χ2n) is 11.9. The molecule has 2 aliphatic heterocycles. The lowest BCUT2D eigenvalue weighted by Crippen LogP contribution is -2.39. The molecule has 4 nitrogen and oxygen atoms in total. The average molecular weight is 465 g/mol. The molecule has 4 atom stereocenters. The number of piperidine rings is 2. The van der Waals surface area contributed by atoms with Crippen molar-refractivity contribution in [1.29, 1.82) is 0 Å². The molecule has 4 heteroatoms. The van der Waals surface area contributed by atoms with Crippen LogP contribution in [0.1, 0.15) is 91.2 Å². The van der Waals surface area contributed by atoms with Crippen molar-refractivity contribution < 1.29 is 0 Å². The summed E-state index contributed by atoms with van der Waals surface area (Å²) < 4.78 is 0. The fourth-order valence-corrected chi connectivity index (χ4v) is 5.55. The first-order valence-electron chi connectivity index (χ1n) is 13.5. The molecule has 2 aliphatic rings. The fraction of sp³-hybridized carbons (Fsp3) is 0.667. The van der Waals surface area contributed by atoms with Gasteiger partial charge in [-0.3, -0.25) is 0 Å². The van der Waals surface area contributed by atoms with Crippen molar-refractivity contribution in [1.82, 2.24) is 9.97 Å². The van der Waals surface area contributed by atoms with Crippen LogP contribution in [-0.4, -0.2) is 36.1 Å². The van der Waals surface area contributed by atoms with Crippen LogP contribution in [0, 0.1) is 23.7 Å². The van der Waals surface area contributed by atoms with Crippen molar-refractivity contribution in [3.63, 3.8) is 0 Å². The Hall–Kier alpha value is -2.10. The minimum absolute atomic E-state index is 0.566. The van der Waals surface area contributed by atoms with Crippen molar-refractivity contribution in [2.45, 2.75) is 80.1 Å². The van der Waals surface area contributed by atoms with Crippen molar-refractivity contribution in [2.75, 3.05) is 36.0 Å². The molecule has 0 N–H and O–H groups in total. The number of anilines is 2. The molecular formula is C30H48N4. The summed E-state index contributed by atoms with van der Waals surface area (Å²) in [7, 11) is 0. The van der Waals surface area contributed by atoms with Crippen LogP contribution in [0.25, 0.3) is 0 Å². The maximum absolute atomic E-state index is 4.62. The molecule has 0 radical (unpaired) electrons. The maximum atomic E-state index is 4.62. The number of aromatic nitrogens is 2. The molecule has 0 bridgehead atoms. The average Bonchev–Trinajstić information content (AvgIpc) is 2.78. The summed E-state index contributed by atoms with van der Waals surface area (Å²) in [5.41, 5.74) is 2.65. The third-order valence-electron chi connectivity index (χ3n) is 7.26. The van der Waals surface area contributed by atoms with E-state index in [1.165, 1.54) is 24.0 Å². The van der Waals surface area contributed by atoms with Crippen LogP contribution >= 0.6 is 0 Å². The minimum Gasteiger partial charge on any atom is -0.356 e. The molecule has 2 aromatic heterocycles. The summed E-state index contributed by atoms with van der Waals surface area (Å²) in [5.74, 6) is 6.55. The molecule has 0 saturated carbocycles. The van der Waals surface area contributed by atoms with Gasteiger partial charge in [0.2, 0.25) is 0 Å². The molecule has 0 aromatic carbocycles. The third kappa shape index (κ3) is 7.45. The Balaban J connectivity index is 0.000000191. The largest absolute Gasteiger partial charge is 0.356 e. The molecule has 2 unspecified atom stereocenters. The van der Waals surface area contributed by atoms with Crippen LogP contribution in [0.15, 0.2) is 36.7 Å². The number of rotatable bonds is 4. The van der Waals surface area contributed by atoms with Gasteiger partial charge < -0.3 is 9.80 Å². The third-order valence-corrected chi connectivity index (χ3v) is 7.26. The Labute approximate surface area is 209 Å². The van der Waals surface area contributed by atoms with E-state index in [2.05, 4.69) is 99.4 Å². The molecule has 2 saturated heterocycles. The topological polar surface area (TPSA) is 32.3 Å². The van der Waals surface area contributed by atoms with Crippen LogP contribution in [0.4, 0.5) is 11.6 Å². The highest BCUT2D eigenvalue weighted by molar-refractivity contribution is 5.41. The fourth-order valence-electron chi connectivity index (χ4n) is 5.55. The first kappa shape index (κ1) is 26.5. The smallest absolute Gasteiger partial charge is 0.128 e. The van der Waals surface area contributed by atoms with Gasteiger partial charge in [0.25, 0.3) is 0 Å². The molecule has 188 valence electrons. The number of hydrogen-bond acceptors (Lipinski definition) is 4. The number of nitrogens with zero attached hydrogens (tertiary/aromatic N) is 4. The highest BCUT2D eigenvalue weighted by Gasteiger charge is 2.23. The van der Waals surface area contributed by atoms with Crippen molar-refractivity contribution in [2.24, 2.45) is 23.7 Å². The first-order valence-corrected chi connectivity index (χ1v) is 13.5. The maximum Gasteiger partial charge on any atom is 0.128 e. The van der Waals surface area contributed by atoms with Crippen LogP contribution in [0.2, 0.25) is 0 Å². The molecule has 0 amide bonds. The minimum atomic E-state index is 0.566. The molecule has 2 fully saturated rings. The van der Waals surface area contributed by atoms with E-state index in [0.29, 0.717) is 11.8 Å². The van der Waals surface area contributed by atoms with Crippen LogP contribution < -0.4 is 9.80 Å². The summed E-state index contributed by atoms with van der Waals surface area (Å²) >= 11 is 0. The molecule has 4 heterocycles. The van der Waals surface area contributed by atoms with E-state index in [4.69, 9.17) is 0 Å². The summed E-state index contributed by atoms with van der Waals surface area (Å²) in [5, 5.41) is 0. The van der Waals surface area contributed by atoms with Gasteiger partial charge in [0, 0.05) is 38.6 Å². The van der Waals surface area contributed by atoms with E-state index < -0.39 is 0 Å². The van der Waals surface area contributed by atoms with Crippen LogP contribution in [0.5, 0.6) is 0 Å². The molecule has 2 aromatic rings. The van der Waals surface area contributed by atoms with Gasteiger partial charge in [-0.1, -0.05) is 67.5 Å². The number of hydrogen-bond donors (Lipinski definition) is 0. The van der Waals surface area contributed by atoms with E-state index in [1.54, 1.807) is 0 Å². The first-order chi connectivity index (χ1) is 16.1.